The minimum absolute atomic E-state index is 0.103. The number of phenols is 1. The van der Waals surface area contributed by atoms with Gasteiger partial charge in [0.2, 0.25) is 5.92 Å². The second-order valence-electron chi connectivity index (χ2n) is 6.51. The van der Waals surface area contributed by atoms with Crippen molar-refractivity contribution in [3.05, 3.63) is 40.0 Å². The first-order valence-corrected chi connectivity index (χ1v) is 7.94. The lowest BCUT2D eigenvalue weighted by Gasteiger charge is -2.35. The van der Waals surface area contributed by atoms with E-state index < -0.39 is 58.6 Å². The monoisotopic (exact) mass is 371 g/mol. The molecule has 9 heteroatoms. The van der Waals surface area contributed by atoms with E-state index in [2.05, 4.69) is 5.32 Å². The van der Waals surface area contributed by atoms with Crippen molar-refractivity contribution in [2.24, 2.45) is 0 Å². The van der Waals surface area contributed by atoms with Crippen LogP contribution in [0.5, 0.6) is 5.75 Å². The first-order valence-electron chi connectivity index (χ1n) is 7.94. The fourth-order valence-corrected chi connectivity index (χ4v) is 2.88. The van der Waals surface area contributed by atoms with Gasteiger partial charge in [0.25, 0.3) is 5.91 Å². The standard InChI is InChI=1S/C17H16F3NO5/c18-10-2-1-9-11(22)7-12(26-14(9)13(10)23)15(24)21-8-16(25)3-5-17(19,20)6-4-16/h1-2,7,23,25H,3-6,8H2,(H,21,24). The molecule has 0 bridgehead atoms. The van der Waals surface area contributed by atoms with Crippen LogP contribution < -0.4 is 10.7 Å². The highest BCUT2D eigenvalue weighted by Gasteiger charge is 2.42. The van der Waals surface area contributed by atoms with Crippen LogP contribution in [0.4, 0.5) is 13.2 Å². The molecule has 1 aliphatic carbocycles. The van der Waals surface area contributed by atoms with Crippen LogP contribution in [0.3, 0.4) is 0 Å². The number of carbonyl (C=O) groups excluding carboxylic acids is 1. The van der Waals surface area contributed by atoms with Crippen LogP contribution in [0, 0.1) is 5.82 Å². The Morgan fingerprint density at radius 2 is 1.88 bits per heavy atom. The number of hydrogen-bond donors (Lipinski definition) is 3. The normalized spacial score (nSPS) is 18.6. The SMILES string of the molecule is O=C(NCC1(O)CCC(F)(F)CC1)c1cc(=O)c2ccc(F)c(O)c2o1. The Labute approximate surface area is 145 Å². The third-order valence-electron chi connectivity index (χ3n) is 4.54. The van der Waals surface area contributed by atoms with Gasteiger partial charge in [-0.2, -0.15) is 0 Å². The van der Waals surface area contributed by atoms with Gasteiger partial charge in [-0.15, -0.1) is 0 Å². The van der Waals surface area contributed by atoms with E-state index in [1.54, 1.807) is 0 Å². The average molecular weight is 371 g/mol. The van der Waals surface area contributed by atoms with E-state index in [9.17, 15) is 33.0 Å². The molecule has 2 aromatic rings. The first kappa shape index (κ1) is 18.2. The van der Waals surface area contributed by atoms with E-state index in [1.165, 1.54) is 0 Å². The number of phenolic OH excluding ortho intramolecular Hbond substituents is 1. The van der Waals surface area contributed by atoms with Crippen molar-refractivity contribution < 1.29 is 32.6 Å². The van der Waals surface area contributed by atoms with Gasteiger partial charge < -0.3 is 19.9 Å². The Bertz CT molecular complexity index is 914. The maximum absolute atomic E-state index is 13.4. The number of rotatable bonds is 3. The van der Waals surface area contributed by atoms with E-state index in [4.69, 9.17) is 4.42 Å². The van der Waals surface area contributed by atoms with E-state index in [1.807, 2.05) is 0 Å². The number of aromatic hydroxyl groups is 1. The summed E-state index contributed by atoms with van der Waals surface area (Å²) in [6.45, 7) is -0.307. The third kappa shape index (κ3) is 3.52. The number of hydrogen-bond acceptors (Lipinski definition) is 5. The lowest BCUT2D eigenvalue weighted by atomic mass is 9.83. The van der Waals surface area contributed by atoms with Gasteiger partial charge in [-0.1, -0.05) is 0 Å². The topological polar surface area (TPSA) is 99.8 Å². The minimum atomic E-state index is -2.83. The van der Waals surface area contributed by atoms with Crippen LogP contribution in [0.15, 0.2) is 27.4 Å². The Hall–Kier alpha value is -2.55. The van der Waals surface area contributed by atoms with Gasteiger partial charge >= 0.3 is 0 Å². The first-order chi connectivity index (χ1) is 12.1. The van der Waals surface area contributed by atoms with Gasteiger partial charge in [0.05, 0.1) is 11.0 Å². The number of fused-ring (bicyclic) bond motifs is 1. The summed E-state index contributed by atoms with van der Waals surface area (Å²) < 4.78 is 44.9. The summed E-state index contributed by atoms with van der Waals surface area (Å²) in [7, 11) is 0. The van der Waals surface area contributed by atoms with Gasteiger partial charge in [0.1, 0.15) is 0 Å². The Morgan fingerprint density at radius 3 is 2.54 bits per heavy atom. The van der Waals surface area contributed by atoms with Crippen molar-refractivity contribution in [1.29, 1.82) is 0 Å². The summed E-state index contributed by atoms with van der Waals surface area (Å²) in [6, 6.07) is 2.87. The molecule has 1 fully saturated rings. The molecule has 0 aliphatic heterocycles. The number of alkyl halides is 2. The molecule has 1 aliphatic rings. The molecule has 0 unspecified atom stereocenters. The zero-order valence-electron chi connectivity index (χ0n) is 13.5. The van der Waals surface area contributed by atoms with Gasteiger partial charge in [-0.25, -0.2) is 13.2 Å². The van der Waals surface area contributed by atoms with E-state index in [0.29, 0.717) is 0 Å². The summed E-state index contributed by atoms with van der Waals surface area (Å²) in [4.78, 5) is 24.2. The highest BCUT2D eigenvalue weighted by atomic mass is 19.3. The van der Waals surface area contributed by atoms with Crippen LogP contribution in [0.1, 0.15) is 36.2 Å². The molecule has 1 saturated carbocycles. The molecule has 1 amide bonds. The van der Waals surface area contributed by atoms with Crippen molar-refractivity contribution in [2.75, 3.05) is 6.54 Å². The molecule has 140 valence electrons. The van der Waals surface area contributed by atoms with Crippen LogP contribution in [0.25, 0.3) is 11.0 Å². The molecule has 3 rings (SSSR count). The number of amides is 1. The van der Waals surface area contributed by atoms with Crippen LogP contribution in [-0.2, 0) is 0 Å². The molecular weight excluding hydrogens is 355 g/mol. The fraction of sp³-hybridized carbons (Fsp3) is 0.412. The number of carbonyl (C=O) groups is 1. The average Bonchev–Trinajstić information content (AvgIpc) is 2.59. The van der Waals surface area contributed by atoms with E-state index in [0.717, 1.165) is 18.2 Å². The maximum Gasteiger partial charge on any atom is 0.287 e. The van der Waals surface area contributed by atoms with E-state index >= 15 is 0 Å². The minimum Gasteiger partial charge on any atom is -0.502 e. The maximum atomic E-state index is 13.4. The predicted molar refractivity (Wildman–Crippen MR) is 84.8 cm³/mol. The molecular formula is C17H16F3NO5. The van der Waals surface area contributed by atoms with Crippen LogP contribution >= 0.6 is 0 Å². The summed E-state index contributed by atoms with van der Waals surface area (Å²) in [5.74, 6) is -6.13. The zero-order chi connectivity index (χ0) is 19.1. The summed E-state index contributed by atoms with van der Waals surface area (Å²) in [5, 5.41) is 22.2. The second kappa shape index (κ2) is 6.31. The van der Waals surface area contributed by atoms with Gasteiger partial charge in [0, 0.05) is 25.5 Å². The summed E-state index contributed by atoms with van der Waals surface area (Å²) in [6.07, 6.45) is -1.35. The summed E-state index contributed by atoms with van der Waals surface area (Å²) >= 11 is 0. The highest BCUT2D eigenvalue weighted by Crippen LogP contribution is 2.38. The molecule has 0 saturated heterocycles. The molecule has 26 heavy (non-hydrogen) atoms. The lowest BCUT2D eigenvalue weighted by molar-refractivity contribution is -0.101. The Morgan fingerprint density at radius 1 is 1.23 bits per heavy atom. The molecule has 0 atom stereocenters. The molecule has 1 aromatic heterocycles. The predicted octanol–water partition coefficient (Wildman–Crippen LogP) is 2.31. The smallest absolute Gasteiger partial charge is 0.287 e. The zero-order valence-corrected chi connectivity index (χ0v) is 13.5. The van der Waals surface area contributed by atoms with Crippen molar-refractivity contribution in [3.63, 3.8) is 0 Å². The van der Waals surface area contributed by atoms with Crippen molar-refractivity contribution in [3.8, 4) is 5.75 Å². The Balaban J connectivity index is 1.78. The molecule has 1 heterocycles. The largest absolute Gasteiger partial charge is 0.502 e. The third-order valence-corrected chi connectivity index (χ3v) is 4.54. The number of halogens is 3. The highest BCUT2D eigenvalue weighted by molar-refractivity contribution is 5.94. The fourth-order valence-electron chi connectivity index (χ4n) is 2.88. The van der Waals surface area contributed by atoms with Crippen molar-refractivity contribution in [1.82, 2.24) is 5.32 Å². The number of benzene rings is 1. The van der Waals surface area contributed by atoms with Crippen LogP contribution in [-0.4, -0.2) is 34.2 Å². The number of aliphatic hydroxyl groups is 1. The van der Waals surface area contributed by atoms with Crippen molar-refractivity contribution in [2.45, 2.75) is 37.2 Å². The molecule has 3 N–H and O–H groups in total. The van der Waals surface area contributed by atoms with Crippen molar-refractivity contribution >= 4 is 16.9 Å². The van der Waals surface area contributed by atoms with Crippen LogP contribution in [0.2, 0.25) is 0 Å². The van der Waals surface area contributed by atoms with Gasteiger partial charge in [-0.05, 0) is 25.0 Å². The van der Waals surface area contributed by atoms with Gasteiger partial charge in [-0.3, -0.25) is 9.59 Å². The molecule has 6 nitrogen and oxygen atoms in total. The quantitative estimate of drug-likeness (QED) is 0.769. The Kier molecular flexibility index (Phi) is 4.43. The number of nitrogens with one attached hydrogen (secondary N) is 1. The molecule has 0 radical (unpaired) electrons. The van der Waals surface area contributed by atoms with E-state index in [-0.39, 0.29) is 24.8 Å². The summed E-state index contributed by atoms with van der Waals surface area (Å²) in [5.41, 5.74) is -2.62. The molecule has 0 spiro atoms. The molecule has 1 aromatic carbocycles. The second-order valence-corrected chi connectivity index (χ2v) is 6.51. The van der Waals surface area contributed by atoms with Gasteiger partial charge in [0.15, 0.2) is 28.3 Å². The lowest BCUT2D eigenvalue weighted by Crippen LogP contribution is -2.47.